The van der Waals surface area contributed by atoms with Crippen molar-refractivity contribution < 1.29 is 19.1 Å². The number of carbonyl (C=O) groups excluding carboxylic acids is 2. The van der Waals surface area contributed by atoms with Crippen molar-refractivity contribution in [2.75, 3.05) is 5.52 Å². The second-order valence-electron chi connectivity index (χ2n) is 4.86. The zero-order valence-electron chi connectivity index (χ0n) is 11.6. The average Bonchev–Trinajstić information content (AvgIpc) is 2.85. The third-order valence-electron chi connectivity index (χ3n) is 3.55. The molecule has 0 aliphatic carbocycles. The Balaban J connectivity index is 1.83. The van der Waals surface area contributed by atoms with Crippen LogP contribution < -0.4 is 4.74 Å². The van der Waals surface area contributed by atoms with Gasteiger partial charge in [0.25, 0.3) is 0 Å². The van der Waals surface area contributed by atoms with Crippen LogP contribution in [-0.4, -0.2) is 17.3 Å². The Kier molecular flexibility index (Phi) is 4.24. The summed E-state index contributed by atoms with van der Waals surface area (Å²) < 4.78 is 10.7. The van der Waals surface area contributed by atoms with E-state index in [1.807, 2.05) is 12.1 Å². The summed E-state index contributed by atoms with van der Waals surface area (Å²) in [7, 11) is 0. The molecule has 5 heteroatoms. The standard InChI is InChI=1S/C17H13BrO4/c18-10-21-15-8-4-3-7-13(15)14(19)9-16-11-5-1-2-6-12(11)17(20)22-16/h1-8,16H,9-10H2. The number of hydrogen-bond acceptors (Lipinski definition) is 4. The Morgan fingerprint density at radius 3 is 2.68 bits per heavy atom. The second-order valence-corrected chi connectivity index (χ2v) is 5.32. The highest BCUT2D eigenvalue weighted by atomic mass is 79.9. The summed E-state index contributed by atoms with van der Waals surface area (Å²) >= 11 is 3.18. The Bertz CT molecular complexity index is 726. The molecule has 0 bridgehead atoms. The first-order valence-electron chi connectivity index (χ1n) is 6.81. The number of benzene rings is 2. The van der Waals surface area contributed by atoms with Gasteiger partial charge in [0.05, 0.1) is 17.5 Å². The number of hydrogen-bond donors (Lipinski definition) is 0. The predicted molar refractivity (Wildman–Crippen MR) is 84.4 cm³/mol. The van der Waals surface area contributed by atoms with Crippen LogP contribution in [0.25, 0.3) is 0 Å². The first kappa shape index (κ1) is 14.8. The zero-order chi connectivity index (χ0) is 15.5. The molecular formula is C17H13BrO4. The van der Waals surface area contributed by atoms with Crippen LogP contribution in [0, 0.1) is 0 Å². The summed E-state index contributed by atoms with van der Waals surface area (Å²) in [4.78, 5) is 24.3. The van der Waals surface area contributed by atoms with Crippen LogP contribution in [0.1, 0.15) is 38.8 Å². The maximum atomic E-state index is 12.5. The van der Waals surface area contributed by atoms with E-state index in [1.54, 1.807) is 36.4 Å². The molecule has 1 atom stereocenters. The van der Waals surface area contributed by atoms with Gasteiger partial charge in [0.15, 0.2) is 5.78 Å². The van der Waals surface area contributed by atoms with Crippen LogP contribution in [0.3, 0.4) is 0 Å². The Morgan fingerprint density at radius 2 is 1.86 bits per heavy atom. The molecule has 0 spiro atoms. The van der Waals surface area contributed by atoms with Gasteiger partial charge in [-0.3, -0.25) is 4.79 Å². The minimum atomic E-state index is -0.534. The topological polar surface area (TPSA) is 52.6 Å². The summed E-state index contributed by atoms with van der Waals surface area (Å²) in [5.41, 5.74) is 2.09. The van der Waals surface area contributed by atoms with Crippen molar-refractivity contribution in [3.8, 4) is 5.75 Å². The van der Waals surface area contributed by atoms with Gasteiger partial charge in [0, 0.05) is 5.56 Å². The molecule has 2 aromatic rings. The molecular weight excluding hydrogens is 348 g/mol. The third-order valence-corrected chi connectivity index (χ3v) is 3.77. The molecule has 0 N–H and O–H groups in total. The van der Waals surface area contributed by atoms with E-state index in [4.69, 9.17) is 9.47 Å². The first-order valence-corrected chi connectivity index (χ1v) is 7.93. The van der Waals surface area contributed by atoms with Crippen LogP contribution in [0.4, 0.5) is 0 Å². The SMILES string of the molecule is O=C(CC1OC(=O)c2ccccc21)c1ccccc1OCBr. The molecule has 1 unspecified atom stereocenters. The van der Waals surface area contributed by atoms with Gasteiger partial charge in [-0.1, -0.05) is 30.3 Å². The van der Waals surface area contributed by atoms with Gasteiger partial charge in [0.2, 0.25) is 0 Å². The van der Waals surface area contributed by atoms with Gasteiger partial charge in [0.1, 0.15) is 17.4 Å². The number of rotatable bonds is 5. The van der Waals surface area contributed by atoms with E-state index in [1.165, 1.54) is 0 Å². The molecule has 4 nitrogen and oxygen atoms in total. The molecule has 1 aliphatic heterocycles. The summed E-state index contributed by atoms with van der Waals surface area (Å²) in [5, 5.41) is 0. The van der Waals surface area contributed by atoms with E-state index in [-0.39, 0.29) is 18.2 Å². The fourth-order valence-corrected chi connectivity index (χ4v) is 2.78. The number of fused-ring (bicyclic) bond motifs is 1. The molecule has 0 saturated heterocycles. The largest absolute Gasteiger partial charge is 0.482 e. The van der Waals surface area contributed by atoms with Crippen LogP contribution in [0.2, 0.25) is 0 Å². The smallest absolute Gasteiger partial charge is 0.339 e. The fraction of sp³-hybridized carbons (Fsp3) is 0.176. The van der Waals surface area contributed by atoms with E-state index in [2.05, 4.69) is 15.9 Å². The van der Waals surface area contributed by atoms with Gasteiger partial charge in [-0.05, 0) is 34.1 Å². The minimum absolute atomic E-state index is 0.103. The number of esters is 1. The lowest BCUT2D eigenvalue weighted by atomic mass is 9.98. The van der Waals surface area contributed by atoms with E-state index in [9.17, 15) is 9.59 Å². The molecule has 112 valence electrons. The van der Waals surface area contributed by atoms with E-state index in [0.717, 1.165) is 5.56 Å². The number of para-hydroxylation sites is 1. The van der Waals surface area contributed by atoms with Crippen molar-refractivity contribution in [3.05, 3.63) is 65.2 Å². The number of carbonyl (C=O) groups is 2. The molecule has 3 rings (SSSR count). The van der Waals surface area contributed by atoms with Crippen molar-refractivity contribution in [3.63, 3.8) is 0 Å². The second kappa shape index (κ2) is 6.32. The average molecular weight is 361 g/mol. The number of cyclic esters (lactones) is 1. The van der Waals surface area contributed by atoms with E-state index in [0.29, 0.717) is 22.4 Å². The monoisotopic (exact) mass is 360 g/mol. The molecule has 0 saturated carbocycles. The van der Waals surface area contributed by atoms with E-state index >= 15 is 0 Å². The molecule has 0 aromatic heterocycles. The molecule has 1 heterocycles. The van der Waals surface area contributed by atoms with Crippen LogP contribution >= 0.6 is 15.9 Å². The Morgan fingerprint density at radius 1 is 1.14 bits per heavy atom. The summed E-state index contributed by atoms with van der Waals surface area (Å²) in [6, 6.07) is 14.2. The van der Waals surface area contributed by atoms with Crippen LogP contribution in [0.15, 0.2) is 48.5 Å². The van der Waals surface area contributed by atoms with Crippen LogP contribution in [-0.2, 0) is 4.74 Å². The molecule has 0 fully saturated rings. The Hall–Kier alpha value is -2.14. The van der Waals surface area contributed by atoms with Gasteiger partial charge >= 0.3 is 5.97 Å². The minimum Gasteiger partial charge on any atom is -0.482 e. The molecule has 1 aliphatic rings. The molecule has 2 aromatic carbocycles. The van der Waals surface area contributed by atoms with Crippen molar-refractivity contribution in [2.45, 2.75) is 12.5 Å². The van der Waals surface area contributed by atoms with Crippen molar-refractivity contribution in [2.24, 2.45) is 0 Å². The molecule has 22 heavy (non-hydrogen) atoms. The summed E-state index contributed by atoms with van der Waals surface area (Å²) in [6.07, 6.45) is -0.431. The van der Waals surface area contributed by atoms with Gasteiger partial charge in [-0.15, -0.1) is 0 Å². The maximum Gasteiger partial charge on any atom is 0.339 e. The highest BCUT2D eigenvalue weighted by molar-refractivity contribution is 9.09. The highest BCUT2D eigenvalue weighted by Gasteiger charge is 2.32. The van der Waals surface area contributed by atoms with E-state index < -0.39 is 6.10 Å². The zero-order valence-corrected chi connectivity index (χ0v) is 13.2. The predicted octanol–water partition coefficient (Wildman–Crippen LogP) is 3.90. The fourth-order valence-electron chi connectivity index (χ4n) is 2.53. The molecule has 0 amide bonds. The van der Waals surface area contributed by atoms with Crippen molar-refractivity contribution in [1.82, 2.24) is 0 Å². The first-order chi connectivity index (χ1) is 10.7. The summed E-state index contributed by atoms with van der Waals surface area (Å²) in [5.74, 6) is 0.0198. The molecule has 0 radical (unpaired) electrons. The normalized spacial score (nSPS) is 16.0. The Labute approximate surface area is 136 Å². The quantitative estimate of drug-likeness (QED) is 0.461. The number of Topliss-reactive ketones (excluding diaryl/α,β-unsaturated/α-hetero) is 1. The van der Waals surface area contributed by atoms with Crippen molar-refractivity contribution in [1.29, 1.82) is 0 Å². The number of ketones is 1. The lowest BCUT2D eigenvalue weighted by molar-refractivity contribution is 0.0367. The van der Waals surface area contributed by atoms with Crippen LogP contribution in [0.5, 0.6) is 5.75 Å². The highest BCUT2D eigenvalue weighted by Crippen LogP contribution is 2.34. The number of ether oxygens (including phenoxy) is 2. The lowest BCUT2D eigenvalue weighted by Gasteiger charge is -2.12. The third kappa shape index (κ3) is 2.76. The van der Waals surface area contributed by atoms with Gasteiger partial charge in [-0.25, -0.2) is 4.79 Å². The van der Waals surface area contributed by atoms with Crippen molar-refractivity contribution >= 4 is 27.7 Å². The van der Waals surface area contributed by atoms with Gasteiger partial charge < -0.3 is 9.47 Å². The summed E-state index contributed by atoms with van der Waals surface area (Å²) in [6.45, 7) is 0. The number of alkyl halides is 1. The number of halogens is 1. The maximum absolute atomic E-state index is 12.5. The van der Waals surface area contributed by atoms with Gasteiger partial charge in [-0.2, -0.15) is 0 Å². The lowest BCUT2D eigenvalue weighted by Crippen LogP contribution is -2.09.